The van der Waals surface area contributed by atoms with Gasteiger partial charge >= 0.3 is 0 Å². The van der Waals surface area contributed by atoms with E-state index >= 15 is 0 Å². The van der Waals surface area contributed by atoms with Gasteiger partial charge in [0.15, 0.2) is 0 Å². The minimum absolute atomic E-state index is 0.0747. The minimum Gasteiger partial charge on any atom is -0.349 e. The summed E-state index contributed by atoms with van der Waals surface area (Å²) in [5.74, 6) is 0.756. The number of hydrogen-bond donors (Lipinski definition) is 1. The van der Waals surface area contributed by atoms with Crippen LogP contribution in [0.2, 0.25) is 5.02 Å². The molecule has 0 bridgehead atoms. The summed E-state index contributed by atoms with van der Waals surface area (Å²) in [5.41, 5.74) is 1.22. The molecule has 0 spiro atoms. The zero-order chi connectivity index (χ0) is 16.4. The average molecular weight is 335 g/mol. The molecule has 1 heterocycles. The Labute approximate surface area is 142 Å². The van der Waals surface area contributed by atoms with Gasteiger partial charge in [0, 0.05) is 24.6 Å². The topological polar surface area (TPSA) is 49.4 Å². The molecule has 1 aliphatic heterocycles. The molecule has 1 saturated heterocycles. The van der Waals surface area contributed by atoms with Gasteiger partial charge in [0.05, 0.1) is 10.7 Å². The van der Waals surface area contributed by atoms with Gasteiger partial charge in [0.25, 0.3) is 5.91 Å². The van der Waals surface area contributed by atoms with E-state index in [9.17, 15) is 9.59 Å². The number of nitrogens with one attached hydrogen (secondary N) is 1. The quantitative estimate of drug-likeness (QED) is 0.914. The minimum atomic E-state index is -0.0749. The van der Waals surface area contributed by atoms with Crippen molar-refractivity contribution in [1.29, 1.82) is 0 Å². The van der Waals surface area contributed by atoms with Gasteiger partial charge in [-0.05, 0) is 56.2 Å². The molecule has 1 aromatic rings. The summed E-state index contributed by atoms with van der Waals surface area (Å²) in [7, 11) is 0. The second-order valence-electron chi connectivity index (χ2n) is 6.75. The summed E-state index contributed by atoms with van der Waals surface area (Å²) in [6, 6.07) is 5.44. The molecule has 2 amide bonds. The Morgan fingerprint density at radius 2 is 2.00 bits per heavy atom. The first kappa shape index (κ1) is 16.3. The average Bonchev–Trinajstić information content (AvgIpc) is 2.96. The lowest BCUT2D eigenvalue weighted by Gasteiger charge is -2.27. The fourth-order valence-electron chi connectivity index (χ4n) is 3.44. The second-order valence-corrected chi connectivity index (χ2v) is 7.15. The highest BCUT2D eigenvalue weighted by molar-refractivity contribution is 6.34. The maximum atomic E-state index is 12.5. The molecule has 124 valence electrons. The van der Waals surface area contributed by atoms with Crippen molar-refractivity contribution in [2.45, 2.75) is 51.5 Å². The van der Waals surface area contributed by atoms with Crippen molar-refractivity contribution in [1.82, 2.24) is 5.32 Å². The lowest BCUT2D eigenvalue weighted by molar-refractivity contribution is -0.117. The highest BCUT2D eigenvalue weighted by Gasteiger charge is 2.25. The number of rotatable bonds is 3. The van der Waals surface area contributed by atoms with Gasteiger partial charge in [-0.15, -0.1) is 0 Å². The number of carbonyl (C=O) groups is 2. The van der Waals surface area contributed by atoms with E-state index in [2.05, 4.69) is 12.2 Å². The Balaban J connectivity index is 1.72. The van der Waals surface area contributed by atoms with Crippen LogP contribution in [0, 0.1) is 5.92 Å². The molecule has 1 N–H and O–H groups in total. The van der Waals surface area contributed by atoms with E-state index in [1.165, 1.54) is 12.8 Å². The molecule has 1 aromatic carbocycles. The van der Waals surface area contributed by atoms with Crippen LogP contribution >= 0.6 is 11.6 Å². The number of carbonyl (C=O) groups excluding carboxylic acids is 2. The number of nitrogens with zero attached hydrogens (tertiary/aromatic N) is 1. The second kappa shape index (κ2) is 6.91. The molecular formula is C18H23ClN2O2. The summed E-state index contributed by atoms with van der Waals surface area (Å²) >= 11 is 6.23. The fraction of sp³-hybridized carbons (Fsp3) is 0.556. The van der Waals surface area contributed by atoms with E-state index in [-0.39, 0.29) is 17.9 Å². The molecule has 0 unspecified atom stereocenters. The lowest BCUT2D eigenvalue weighted by Crippen LogP contribution is -2.37. The van der Waals surface area contributed by atoms with Crippen LogP contribution in [0.5, 0.6) is 0 Å². The van der Waals surface area contributed by atoms with Crippen molar-refractivity contribution in [3.63, 3.8) is 0 Å². The van der Waals surface area contributed by atoms with Gasteiger partial charge in [-0.1, -0.05) is 18.5 Å². The Morgan fingerprint density at radius 3 is 2.65 bits per heavy atom. The van der Waals surface area contributed by atoms with Crippen LogP contribution in [0.4, 0.5) is 5.69 Å². The number of halogens is 1. The molecule has 3 rings (SSSR count). The molecule has 0 radical (unpaired) electrons. The van der Waals surface area contributed by atoms with Crippen LogP contribution < -0.4 is 10.2 Å². The van der Waals surface area contributed by atoms with E-state index in [0.717, 1.165) is 25.2 Å². The van der Waals surface area contributed by atoms with Gasteiger partial charge in [-0.2, -0.15) is 0 Å². The fourth-order valence-corrected chi connectivity index (χ4v) is 3.66. The van der Waals surface area contributed by atoms with Crippen LogP contribution in [0.15, 0.2) is 18.2 Å². The van der Waals surface area contributed by atoms with Crippen molar-refractivity contribution < 1.29 is 9.59 Å². The summed E-state index contributed by atoms with van der Waals surface area (Å²) < 4.78 is 0. The third-order valence-electron chi connectivity index (χ3n) is 4.92. The van der Waals surface area contributed by atoms with E-state index in [0.29, 0.717) is 29.2 Å². The molecule has 2 fully saturated rings. The predicted molar refractivity (Wildman–Crippen MR) is 91.9 cm³/mol. The molecule has 2 aliphatic rings. The van der Waals surface area contributed by atoms with E-state index in [1.54, 1.807) is 23.1 Å². The Hall–Kier alpha value is -1.55. The van der Waals surface area contributed by atoms with Crippen molar-refractivity contribution in [2.75, 3.05) is 11.4 Å². The van der Waals surface area contributed by atoms with E-state index in [4.69, 9.17) is 11.6 Å². The standard InChI is InChI=1S/C18H23ClN2O2/c1-12-4-7-14(8-5-12)20-18(23)13-6-9-15(19)16(11-13)21-10-2-3-17(21)22/h6,9,11-12,14H,2-5,7-8,10H2,1H3,(H,20,23). The Kier molecular flexibility index (Phi) is 4.90. The monoisotopic (exact) mass is 334 g/mol. The van der Waals surface area contributed by atoms with Crippen LogP contribution in [-0.4, -0.2) is 24.4 Å². The highest BCUT2D eigenvalue weighted by Crippen LogP contribution is 2.30. The number of anilines is 1. The summed E-state index contributed by atoms with van der Waals surface area (Å²) in [6.07, 6.45) is 5.80. The Morgan fingerprint density at radius 1 is 1.26 bits per heavy atom. The number of amides is 2. The zero-order valence-corrected chi connectivity index (χ0v) is 14.2. The SMILES string of the molecule is CC1CCC(NC(=O)c2ccc(Cl)c(N3CCCC3=O)c2)CC1. The predicted octanol–water partition coefficient (Wildman–Crippen LogP) is 3.78. The van der Waals surface area contributed by atoms with Gasteiger partial charge < -0.3 is 10.2 Å². The third-order valence-corrected chi connectivity index (χ3v) is 5.24. The molecule has 23 heavy (non-hydrogen) atoms. The first-order chi connectivity index (χ1) is 11.0. The number of hydrogen-bond acceptors (Lipinski definition) is 2. The van der Waals surface area contributed by atoms with Gasteiger partial charge in [0.1, 0.15) is 0 Å². The van der Waals surface area contributed by atoms with Crippen molar-refractivity contribution >= 4 is 29.1 Å². The normalized spacial score (nSPS) is 24.8. The van der Waals surface area contributed by atoms with Crippen molar-refractivity contribution in [3.8, 4) is 0 Å². The van der Waals surface area contributed by atoms with E-state index < -0.39 is 0 Å². The maximum Gasteiger partial charge on any atom is 0.251 e. The summed E-state index contributed by atoms with van der Waals surface area (Å²) in [4.78, 5) is 26.1. The highest BCUT2D eigenvalue weighted by atomic mass is 35.5. The molecule has 1 aliphatic carbocycles. The summed E-state index contributed by atoms with van der Waals surface area (Å²) in [6.45, 7) is 2.93. The van der Waals surface area contributed by atoms with Crippen molar-refractivity contribution in [2.24, 2.45) is 5.92 Å². The van der Waals surface area contributed by atoms with Crippen LogP contribution in [0.3, 0.4) is 0 Å². The first-order valence-corrected chi connectivity index (χ1v) is 8.83. The molecule has 1 saturated carbocycles. The maximum absolute atomic E-state index is 12.5. The molecule has 0 atom stereocenters. The molecule has 5 heteroatoms. The lowest BCUT2D eigenvalue weighted by atomic mass is 9.87. The summed E-state index contributed by atoms with van der Waals surface area (Å²) in [5, 5.41) is 3.64. The number of benzene rings is 1. The Bertz CT molecular complexity index is 609. The van der Waals surface area contributed by atoms with Gasteiger partial charge in [-0.3, -0.25) is 9.59 Å². The third kappa shape index (κ3) is 3.69. The van der Waals surface area contributed by atoms with Crippen molar-refractivity contribution in [3.05, 3.63) is 28.8 Å². The molecule has 4 nitrogen and oxygen atoms in total. The van der Waals surface area contributed by atoms with Gasteiger partial charge in [0.2, 0.25) is 5.91 Å². The zero-order valence-electron chi connectivity index (χ0n) is 13.5. The largest absolute Gasteiger partial charge is 0.349 e. The van der Waals surface area contributed by atoms with Gasteiger partial charge in [-0.25, -0.2) is 0 Å². The first-order valence-electron chi connectivity index (χ1n) is 8.45. The smallest absolute Gasteiger partial charge is 0.251 e. The molecule has 0 aromatic heterocycles. The van der Waals surface area contributed by atoms with Crippen LogP contribution in [0.25, 0.3) is 0 Å². The van der Waals surface area contributed by atoms with Crippen LogP contribution in [-0.2, 0) is 4.79 Å². The van der Waals surface area contributed by atoms with E-state index in [1.807, 2.05) is 0 Å². The van der Waals surface area contributed by atoms with Crippen LogP contribution in [0.1, 0.15) is 55.8 Å². The molecular weight excluding hydrogens is 312 g/mol.